The predicted molar refractivity (Wildman–Crippen MR) is 54.6 cm³/mol. The highest BCUT2D eigenvalue weighted by Gasteiger charge is 2.47. The zero-order valence-electron chi connectivity index (χ0n) is 8.04. The lowest BCUT2D eigenvalue weighted by molar-refractivity contribution is 0.611. The van der Waals surface area contributed by atoms with Crippen LogP contribution < -0.4 is 5.32 Å². The van der Waals surface area contributed by atoms with Gasteiger partial charge >= 0.3 is 0 Å². The molecule has 1 aromatic carbocycles. The van der Waals surface area contributed by atoms with Gasteiger partial charge in [-0.25, -0.2) is 4.39 Å². The normalized spacial score (nSPS) is 33.9. The Morgan fingerprint density at radius 1 is 1.21 bits per heavy atom. The molecule has 0 heterocycles. The second-order valence-corrected chi connectivity index (χ2v) is 4.47. The van der Waals surface area contributed by atoms with E-state index in [1.807, 2.05) is 12.1 Å². The number of rotatable bonds is 2. The molecule has 2 aliphatic rings. The zero-order chi connectivity index (χ0) is 9.54. The smallest absolute Gasteiger partial charge is 0.146 e. The molecule has 74 valence electrons. The highest BCUT2D eigenvalue weighted by molar-refractivity contribution is 5.46. The fourth-order valence-corrected chi connectivity index (χ4v) is 2.66. The number of hydrogen-bond donors (Lipinski definition) is 1. The molecule has 0 aliphatic heterocycles. The van der Waals surface area contributed by atoms with Crippen molar-refractivity contribution >= 4 is 5.69 Å². The highest BCUT2D eigenvalue weighted by Crippen LogP contribution is 2.52. The minimum absolute atomic E-state index is 0.128. The van der Waals surface area contributed by atoms with Gasteiger partial charge in [0, 0.05) is 6.04 Å². The first kappa shape index (κ1) is 8.27. The van der Waals surface area contributed by atoms with Crippen LogP contribution in [0.3, 0.4) is 0 Å². The van der Waals surface area contributed by atoms with Crippen LogP contribution in [-0.4, -0.2) is 6.04 Å². The third-order valence-corrected chi connectivity index (χ3v) is 3.56. The van der Waals surface area contributed by atoms with Gasteiger partial charge in [-0.15, -0.1) is 0 Å². The van der Waals surface area contributed by atoms with Crippen LogP contribution in [0, 0.1) is 17.7 Å². The van der Waals surface area contributed by atoms with Crippen molar-refractivity contribution in [2.45, 2.75) is 25.3 Å². The number of benzene rings is 1. The Kier molecular flexibility index (Phi) is 1.76. The number of para-hydroxylation sites is 1. The third-order valence-electron chi connectivity index (χ3n) is 3.56. The molecule has 3 atom stereocenters. The van der Waals surface area contributed by atoms with Crippen molar-refractivity contribution in [3.05, 3.63) is 30.1 Å². The average Bonchev–Trinajstić information content (AvgIpc) is 2.87. The zero-order valence-corrected chi connectivity index (χ0v) is 8.04. The van der Waals surface area contributed by atoms with Crippen LogP contribution in [0.25, 0.3) is 0 Å². The molecular formula is C12H14FN. The van der Waals surface area contributed by atoms with Gasteiger partial charge in [-0.2, -0.15) is 0 Å². The number of fused-ring (bicyclic) bond motifs is 1. The molecule has 14 heavy (non-hydrogen) atoms. The molecular weight excluding hydrogens is 177 g/mol. The largest absolute Gasteiger partial charge is 0.380 e. The predicted octanol–water partition coefficient (Wildman–Crippen LogP) is 3.04. The summed E-state index contributed by atoms with van der Waals surface area (Å²) >= 11 is 0. The lowest BCUT2D eigenvalue weighted by Gasteiger charge is -2.15. The van der Waals surface area contributed by atoms with Crippen molar-refractivity contribution in [3.63, 3.8) is 0 Å². The molecule has 1 nitrogen and oxygen atoms in total. The van der Waals surface area contributed by atoms with Crippen molar-refractivity contribution in [2.75, 3.05) is 5.32 Å². The summed E-state index contributed by atoms with van der Waals surface area (Å²) in [5, 5.41) is 3.33. The van der Waals surface area contributed by atoms with E-state index >= 15 is 0 Å². The van der Waals surface area contributed by atoms with E-state index in [4.69, 9.17) is 0 Å². The van der Waals surface area contributed by atoms with Gasteiger partial charge in [-0.05, 0) is 43.2 Å². The minimum atomic E-state index is -0.128. The highest BCUT2D eigenvalue weighted by atomic mass is 19.1. The van der Waals surface area contributed by atoms with Crippen LogP contribution >= 0.6 is 0 Å². The topological polar surface area (TPSA) is 12.0 Å². The van der Waals surface area contributed by atoms with Gasteiger partial charge in [-0.3, -0.25) is 0 Å². The summed E-state index contributed by atoms with van der Waals surface area (Å²) in [6, 6.07) is 7.48. The van der Waals surface area contributed by atoms with Crippen molar-refractivity contribution in [1.82, 2.24) is 0 Å². The van der Waals surface area contributed by atoms with E-state index in [1.54, 1.807) is 6.07 Å². The van der Waals surface area contributed by atoms with Crippen molar-refractivity contribution in [2.24, 2.45) is 11.8 Å². The van der Waals surface area contributed by atoms with Crippen LogP contribution in [0.1, 0.15) is 19.3 Å². The Balaban J connectivity index is 1.74. The maximum absolute atomic E-state index is 13.3. The number of nitrogens with one attached hydrogen (secondary N) is 1. The van der Waals surface area contributed by atoms with Gasteiger partial charge in [0.1, 0.15) is 5.82 Å². The van der Waals surface area contributed by atoms with Gasteiger partial charge in [0.2, 0.25) is 0 Å². The van der Waals surface area contributed by atoms with Gasteiger partial charge in [0.05, 0.1) is 5.69 Å². The minimum Gasteiger partial charge on any atom is -0.380 e. The molecule has 1 aromatic rings. The van der Waals surface area contributed by atoms with Crippen LogP contribution in [0.2, 0.25) is 0 Å². The van der Waals surface area contributed by atoms with Crippen molar-refractivity contribution < 1.29 is 4.39 Å². The fourth-order valence-electron chi connectivity index (χ4n) is 2.66. The Morgan fingerprint density at radius 3 is 2.71 bits per heavy atom. The summed E-state index contributed by atoms with van der Waals surface area (Å²) < 4.78 is 13.3. The number of hydrogen-bond acceptors (Lipinski definition) is 1. The quantitative estimate of drug-likeness (QED) is 0.757. The molecule has 0 amide bonds. The monoisotopic (exact) mass is 191 g/mol. The molecule has 0 aromatic heterocycles. The fraction of sp³-hybridized carbons (Fsp3) is 0.500. The number of anilines is 1. The van der Waals surface area contributed by atoms with E-state index in [1.165, 1.54) is 25.3 Å². The molecule has 2 saturated carbocycles. The lowest BCUT2D eigenvalue weighted by Crippen LogP contribution is -2.19. The number of halogens is 1. The van der Waals surface area contributed by atoms with E-state index in [0.29, 0.717) is 11.7 Å². The van der Waals surface area contributed by atoms with Crippen LogP contribution in [0.15, 0.2) is 24.3 Å². The Hall–Kier alpha value is -1.05. The molecule has 2 aliphatic carbocycles. The SMILES string of the molecule is Fc1ccccc1NC1CC[C@@H]2C[C@H]12. The van der Waals surface area contributed by atoms with Crippen molar-refractivity contribution in [1.29, 1.82) is 0 Å². The second-order valence-electron chi connectivity index (χ2n) is 4.47. The van der Waals surface area contributed by atoms with E-state index in [2.05, 4.69) is 5.32 Å². The summed E-state index contributed by atoms with van der Waals surface area (Å²) in [4.78, 5) is 0. The Labute approximate surface area is 83.3 Å². The van der Waals surface area contributed by atoms with Crippen LogP contribution in [-0.2, 0) is 0 Å². The first-order chi connectivity index (χ1) is 6.84. The molecule has 0 spiro atoms. The van der Waals surface area contributed by atoms with Gasteiger partial charge in [0.25, 0.3) is 0 Å². The molecule has 1 unspecified atom stereocenters. The van der Waals surface area contributed by atoms with Gasteiger partial charge in [-0.1, -0.05) is 12.1 Å². The molecule has 1 N–H and O–H groups in total. The summed E-state index contributed by atoms with van der Waals surface area (Å²) in [7, 11) is 0. The van der Waals surface area contributed by atoms with Gasteiger partial charge < -0.3 is 5.32 Å². The van der Waals surface area contributed by atoms with E-state index in [-0.39, 0.29) is 5.82 Å². The summed E-state index contributed by atoms with van der Waals surface area (Å²) in [5.41, 5.74) is 0.671. The van der Waals surface area contributed by atoms with Crippen LogP contribution in [0.4, 0.5) is 10.1 Å². The molecule has 0 radical (unpaired) electrons. The Bertz CT molecular complexity index is 350. The van der Waals surface area contributed by atoms with E-state index in [9.17, 15) is 4.39 Å². The van der Waals surface area contributed by atoms with Crippen LogP contribution in [0.5, 0.6) is 0 Å². The second kappa shape index (κ2) is 2.97. The van der Waals surface area contributed by atoms with E-state index < -0.39 is 0 Å². The molecule has 0 saturated heterocycles. The molecule has 0 bridgehead atoms. The maximum atomic E-state index is 13.3. The first-order valence-electron chi connectivity index (χ1n) is 5.35. The molecule has 2 fully saturated rings. The first-order valence-corrected chi connectivity index (χ1v) is 5.35. The standard InChI is InChI=1S/C12H14FN/c13-10-3-1-2-4-12(10)14-11-6-5-8-7-9(8)11/h1-4,8-9,11,14H,5-7H2/t8-,9+,11?/m1/s1. The average molecular weight is 191 g/mol. The molecule has 2 heteroatoms. The summed E-state index contributed by atoms with van der Waals surface area (Å²) in [6.45, 7) is 0. The Morgan fingerprint density at radius 2 is 2.07 bits per heavy atom. The van der Waals surface area contributed by atoms with E-state index in [0.717, 1.165) is 11.8 Å². The summed E-state index contributed by atoms with van der Waals surface area (Å²) in [6.07, 6.45) is 3.90. The third kappa shape index (κ3) is 1.29. The van der Waals surface area contributed by atoms with Gasteiger partial charge in [0.15, 0.2) is 0 Å². The van der Waals surface area contributed by atoms with Crippen molar-refractivity contribution in [3.8, 4) is 0 Å². The molecule has 3 rings (SSSR count). The lowest BCUT2D eigenvalue weighted by atomic mass is 10.1. The maximum Gasteiger partial charge on any atom is 0.146 e. The summed E-state index contributed by atoms with van der Waals surface area (Å²) in [5.74, 6) is 1.64.